The Balaban J connectivity index is 2.03. The molecule has 0 radical (unpaired) electrons. The van der Waals surface area contributed by atoms with Crippen LogP contribution in [0.25, 0.3) is 0 Å². The molecule has 0 heterocycles. The van der Waals surface area contributed by atoms with Crippen LogP contribution >= 0.6 is 23.4 Å². The standard InChI is InChI=1S/C14H22ClNS/c1-12(2)16-9-5-6-10-17-11-13-7-3-4-8-14(13)15/h3-4,7-8,12,16H,5-6,9-11H2,1-2H3. The topological polar surface area (TPSA) is 12.0 Å². The first-order valence-electron chi connectivity index (χ1n) is 6.24. The third-order valence-electron chi connectivity index (χ3n) is 2.48. The number of hydrogen-bond donors (Lipinski definition) is 1. The molecule has 0 fully saturated rings. The Morgan fingerprint density at radius 1 is 1.24 bits per heavy atom. The molecule has 0 aromatic heterocycles. The molecule has 1 N–H and O–H groups in total. The third-order valence-corrected chi connectivity index (χ3v) is 3.94. The molecule has 3 heteroatoms. The highest BCUT2D eigenvalue weighted by Gasteiger charge is 1.98. The molecule has 0 saturated carbocycles. The van der Waals surface area contributed by atoms with Gasteiger partial charge >= 0.3 is 0 Å². The molecule has 0 aliphatic heterocycles. The van der Waals surface area contributed by atoms with Crippen molar-refractivity contribution in [2.45, 2.75) is 38.5 Å². The van der Waals surface area contributed by atoms with Crippen molar-refractivity contribution in [3.63, 3.8) is 0 Å². The highest BCUT2D eigenvalue weighted by Crippen LogP contribution is 2.21. The van der Waals surface area contributed by atoms with Crippen LogP contribution in [0.15, 0.2) is 24.3 Å². The van der Waals surface area contributed by atoms with Crippen LogP contribution in [0.2, 0.25) is 5.02 Å². The van der Waals surface area contributed by atoms with Crippen LogP contribution in [0.5, 0.6) is 0 Å². The van der Waals surface area contributed by atoms with E-state index in [0.29, 0.717) is 6.04 Å². The van der Waals surface area contributed by atoms with Gasteiger partial charge in [0.1, 0.15) is 0 Å². The van der Waals surface area contributed by atoms with Crippen molar-refractivity contribution in [1.82, 2.24) is 5.32 Å². The van der Waals surface area contributed by atoms with Crippen LogP contribution in [-0.4, -0.2) is 18.3 Å². The molecule has 0 aliphatic carbocycles. The van der Waals surface area contributed by atoms with Crippen molar-refractivity contribution in [3.8, 4) is 0 Å². The molecule has 1 rings (SSSR count). The van der Waals surface area contributed by atoms with Gasteiger partial charge in [-0.15, -0.1) is 0 Å². The van der Waals surface area contributed by atoms with Gasteiger partial charge in [0, 0.05) is 16.8 Å². The molecule has 0 bridgehead atoms. The van der Waals surface area contributed by atoms with Gasteiger partial charge < -0.3 is 5.32 Å². The minimum Gasteiger partial charge on any atom is -0.315 e. The minimum atomic E-state index is 0.603. The second-order valence-electron chi connectivity index (χ2n) is 4.46. The summed E-state index contributed by atoms with van der Waals surface area (Å²) >= 11 is 8.07. The molecular formula is C14H22ClNS. The number of rotatable bonds is 8. The largest absolute Gasteiger partial charge is 0.315 e. The monoisotopic (exact) mass is 271 g/mol. The van der Waals surface area contributed by atoms with E-state index in [4.69, 9.17) is 11.6 Å². The van der Waals surface area contributed by atoms with Gasteiger partial charge in [-0.2, -0.15) is 11.8 Å². The second kappa shape index (κ2) is 8.84. The maximum Gasteiger partial charge on any atom is 0.0446 e. The summed E-state index contributed by atoms with van der Waals surface area (Å²) in [6, 6.07) is 8.70. The Morgan fingerprint density at radius 3 is 2.71 bits per heavy atom. The van der Waals surface area contributed by atoms with Crippen molar-refractivity contribution >= 4 is 23.4 Å². The predicted molar refractivity (Wildman–Crippen MR) is 80.0 cm³/mol. The molecule has 1 aromatic rings. The maximum absolute atomic E-state index is 6.10. The van der Waals surface area contributed by atoms with Crippen LogP contribution in [-0.2, 0) is 5.75 Å². The lowest BCUT2D eigenvalue weighted by Gasteiger charge is -2.07. The molecule has 0 amide bonds. The average Bonchev–Trinajstić information content (AvgIpc) is 2.30. The summed E-state index contributed by atoms with van der Waals surface area (Å²) in [4.78, 5) is 0. The number of benzene rings is 1. The number of hydrogen-bond acceptors (Lipinski definition) is 2. The third kappa shape index (κ3) is 6.97. The van der Waals surface area contributed by atoms with Gasteiger partial charge in [0.25, 0.3) is 0 Å². The molecule has 1 nitrogen and oxygen atoms in total. The summed E-state index contributed by atoms with van der Waals surface area (Å²) in [5, 5.41) is 4.32. The molecule has 17 heavy (non-hydrogen) atoms. The average molecular weight is 272 g/mol. The lowest BCUT2D eigenvalue weighted by molar-refractivity contribution is 0.567. The Labute approximate surface area is 114 Å². The fourth-order valence-electron chi connectivity index (χ4n) is 1.52. The van der Waals surface area contributed by atoms with Gasteiger partial charge in [-0.05, 0) is 36.8 Å². The van der Waals surface area contributed by atoms with Crippen LogP contribution in [0, 0.1) is 0 Å². The van der Waals surface area contributed by atoms with Crippen molar-refractivity contribution in [1.29, 1.82) is 0 Å². The zero-order valence-electron chi connectivity index (χ0n) is 10.7. The molecule has 0 saturated heterocycles. The summed E-state index contributed by atoms with van der Waals surface area (Å²) in [6.45, 7) is 5.50. The van der Waals surface area contributed by atoms with Gasteiger partial charge in [-0.25, -0.2) is 0 Å². The van der Waals surface area contributed by atoms with Gasteiger partial charge in [-0.3, -0.25) is 0 Å². The maximum atomic E-state index is 6.10. The van der Waals surface area contributed by atoms with Gasteiger partial charge in [0.05, 0.1) is 0 Å². The molecule has 96 valence electrons. The first kappa shape index (κ1) is 14.9. The summed E-state index contributed by atoms with van der Waals surface area (Å²) in [7, 11) is 0. The molecule has 0 unspecified atom stereocenters. The van der Waals surface area contributed by atoms with E-state index in [9.17, 15) is 0 Å². The van der Waals surface area contributed by atoms with Crippen LogP contribution in [0.3, 0.4) is 0 Å². The van der Waals surface area contributed by atoms with E-state index in [-0.39, 0.29) is 0 Å². The Morgan fingerprint density at radius 2 is 2.00 bits per heavy atom. The highest BCUT2D eigenvalue weighted by molar-refractivity contribution is 7.98. The lowest BCUT2D eigenvalue weighted by Crippen LogP contribution is -2.23. The first-order chi connectivity index (χ1) is 8.20. The van der Waals surface area contributed by atoms with Gasteiger partial charge in [0.2, 0.25) is 0 Å². The number of thioether (sulfide) groups is 1. The van der Waals surface area contributed by atoms with Crippen LogP contribution < -0.4 is 5.32 Å². The van der Waals surface area contributed by atoms with E-state index < -0.39 is 0 Å². The fourth-order valence-corrected chi connectivity index (χ4v) is 2.82. The van der Waals surface area contributed by atoms with Crippen molar-refractivity contribution in [2.75, 3.05) is 12.3 Å². The van der Waals surface area contributed by atoms with E-state index in [1.54, 1.807) is 0 Å². The predicted octanol–water partition coefficient (Wildman–Crippen LogP) is 4.35. The lowest BCUT2D eigenvalue weighted by atomic mass is 10.2. The van der Waals surface area contributed by atoms with E-state index in [0.717, 1.165) is 17.3 Å². The van der Waals surface area contributed by atoms with E-state index >= 15 is 0 Å². The molecule has 0 aliphatic rings. The van der Waals surface area contributed by atoms with Crippen LogP contribution in [0.1, 0.15) is 32.3 Å². The van der Waals surface area contributed by atoms with Crippen molar-refractivity contribution < 1.29 is 0 Å². The summed E-state index contributed by atoms with van der Waals surface area (Å²) in [5.74, 6) is 2.24. The fraction of sp³-hybridized carbons (Fsp3) is 0.571. The van der Waals surface area contributed by atoms with Gasteiger partial charge in [-0.1, -0.05) is 43.6 Å². The van der Waals surface area contributed by atoms with Crippen molar-refractivity contribution in [2.24, 2.45) is 0 Å². The molecule has 1 aromatic carbocycles. The minimum absolute atomic E-state index is 0.603. The number of unbranched alkanes of at least 4 members (excludes halogenated alkanes) is 1. The van der Waals surface area contributed by atoms with E-state index in [1.807, 2.05) is 30.0 Å². The normalized spacial score (nSPS) is 11.1. The second-order valence-corrected chi connectivity index (χ2v) is 5.97. The summed E-state index contributed by atoms with van der Waals surface area (Å²) in [5.41, 5.74) is 1.25. The smallest absolute Gasteiger partial charge is 0.0446 e. The Kier molecular flexibility index (Phi) is 7.74. The summed E-state index contributed by atoms with van der Waals surface area (Å²) in [6.07, 6.45) is 2.53. The van der Waals surface area contributed by atoms with Crippen molar-refractivity contribution in [3.05, 3.63) is 34.9 Å². The SMILES string of the molecule is CC(C)NCCCCSCc1ccccc1Cl. The molecule has 0 atom stereocenters. The van der Waals surface area contributed by atoms with E-state index in [1.165, 1.54) is 24.2 Å². The highest BCUT2D eigenvalue weighted by atomic mass is 35.5. The number of halogens is 1. The van der Waals surface area contributed by atoms with Gasteiger partial charge in [0.15, 0.2) is 0 Å². The zero-order chi connectivity index (χ0) is 12.5. The summed E-state index contributed by atoms with van der Waals surface area (Å²) < 4.78 is 0. The van der Waals surface area contributed by atoms with Crippen LogP contribution in [0.4, 0.5) is 0 Å². The first-order valence-corrected chi connectivity index (χ1v) is 7.78. The zero-order valence-corrected chi connectivity index (χ0v) is 12.3. The number of nitrogens with one attached hydrogen (secondary N) is 1. The quantitative estimate of drug-likeness (QED) is 0.706. The molecular weight excluding hydrogens is 250 g/mol. The Bertz CT molecular complexity index is 315. The Hall–Kier alpha value is -0.180. The van der Waals surface area contributed by atoms with E-state index in [2.05, 4.69) is 25.2 Å². The molecule has 0 spiro atoms.